The van der Waals surface area contributed by atoms with E-state index in [1.165, 1.54) is 32.1 Å². The maximum absolute atomic E-state index is 13.9. The molecule has 1 rings (SSSR count). The van der Waals surface area contributed by atoms with Gasteiger partial charge in [0, 0.05) is 36.8 Å². The molecule has 0 spiro atoms. The van der Waals surface area contributed by atoms with Gasteiger partial charge in [0.1, 0.15) is 17.5 Å². The van der Waals surface area contributed by atoms with Crippen LogP contribution in [-0.2, 0) is 15.9 Å². The molecule has 0 amide bonds. The zero-order chi connectivity index (χ0) is 22.4. The second-order valence-corrected chi connectivity index (χ2v) is 8.23. The molecule has 0 fully saturated rings. The largest absolute Gasteiger partial charge is 0.350 e. The van der Waals surface area contributed by atoms with Crippen LogP contribution in [0.2, 0.25) is 0 Å². The molecular formula is C25H41F3O2. The lowest BCUT2D eigenvalue weighted by Crippen LogP contribution is -2.41. The van der Waals surface area contributed by atoms with Crippen LogP contribution in [-0.4, -0.2) is 19.0 Å². The van der Waals surface area contributed by atoms with Crippen molar-refractivity contribution in [3.05, 3.63) is 35.1 Å². The first kappa shape index (κ1) is 27.0. The van der Waals surface area contributed by atoms with E-state index in [0.29, 0.717) is 19.6 Å². The lowest BCUT2D eigenvalue weighted by molar-refractivity contribution is -0.254. The number of halogens is 3. The third kappa shape index (κ3) is 9.38. The zero-order valence-electron chi connectivity index (χ0n) is 19.4. The lowest BCUT2D eigenvalue weighted by atomic mass is 9.87. The summed E-state index contributed by atoms with van der Waals surface area (Å²) in [6, 6.07) is 1.50. The van der Waals surface area contributed by atoms with Crippen LogP contribution < -0.4 is 0 Å². The fourth-order valence-electron chi connectivity index (χ4n) is 4.19. The molecule has 0 saturated heterocycles. The highest BCUT2D eigenvalue weighted by Gasteiger charge is 2.34. The monoisotopic (exact) mass is 430 g/mol. The molecule has 1 aromatic carbocycles. The highest BCUT2D eigenvalue weighted by atomic mass is 19.1. The topological polar surface area (TPSA) is 18.5 Å². The molecule has 0 aliphatic heterocycles. The van der Waals surface area contributed by atoms with E-state index in [0.717, 1.165) is 37.8 Å². The third-order valence-corrected chi connectivity index (χ3v) is 5.84. The average Bonchev–Trinajstić information content (AvgIpc) is 2.67. The summed E-state index contributed by atoms with van der Waals surface area (Å²) in [5.74, 6) is -2.89. The van der Waals surface area contributed by atoms with Crippen molar-refractivity contribution >= 4 is 0 Å². The molecule has 0 aliphatic rings. The molecule has 1 atom stereocenters. The minimum atomic E-state index is -0.878. The van der Waals surface area contributed by atoms with Gasteiger partial charge in [0.25, 0.3) is 0 Å². The second-order valence-electron chi connectivity index (χ2n) is 8.23. The zero-order valence-corrected chi connectivity index (χ0v) is 19.4. The van der Waals surface area contributed by atoms with E-state index in [1.807, 2.05) is 20.8 Å². The van der Waals surface area contributed by atoms with Gasteiger partial charge in [-0.1, -0.05) is 51.9 Å². The predicted molar refractivity (Wildman–Crippen MR) is 117 cm³/mol. The van der Waals surface area contributed by atoms with Gasteiger partial charge >= 0.3 is 0 Å². The molecule has 174 valence electrons. The Kier molecular flexibility index (Phi) is 13.3. The maximum atomic E-state index is 13.9. The van der Waals surface area contributed by atoms with Crippen LogP contribution in [0.5, 0.6) is 0 Å². The summed E-state index contributed by atoms with van der Waals surface area (Å²) in [4.78, 5) is 0. The van der Waals surface area contributed by atoms with E-state index in [2.05, 4.69) is 6.92 Å². The Hall–Kier alpha value is -1.07. The summed E-state index contributed by atoms with van der Waals surface area (Å²) in [5.41, 5.74) is -0.0266. The highest BCUT2D eigenvalue weighted by molar-refractivity contribution is 5.20. The fourth-order valence-corrected chi connectivity index (χ4v) is 4.19. The van der Waals surface area contributed by atoms with Crippen molar-refractivity contribution < 1.29 is 22.6 Å². The van der Waals surface area contributed by atoms with Gasteiger partial charge in [-0.15, -0.1) is 0 Å². The standard InChI is InChI=1S/C25H41F3O2/c1-5-8-9-10-11-12-15-20(25(4,29-6-2)30-7-3)16-13-14-17-22-23(27)18-21(26)19-24(22)28/h18-20H,5-17H2,1-4H3. The molecular weight excluding hydrogens is 389 g/mol. The molecule has 0 saturated carbocycles. The summed E-state index contributed by atoms with van der Waals surface area (Å²) in [7, 11) is 0. The molecule has 0 N–H and O–H groups in total. The number of unbranched alkanes of at least 4 members (excludes halogenated alkanes) is 6. The minimum Gasteiger partial charge on any atom is -0.350 e. The van der Waals surface area contributed by atoms with Crippen LogP contribution in [0.25, 0.3) is 0 Å². The smallest absolute Gasteiger partial charge is 0.168 e. The normalized spacial score (nSPS) is 13.0. The molecule has 0 bridgehead atoms. The molecule has 1 unspecified atom stereocenters. The number of rotatable bonds is 17. The van der Waals surface area contributed by atoms with Crippen molar-refractivity contribution in [1.82, 2.24) is 0 Å². The van der Waals surface area contributed by atoms with Crippen LogP contribution in [0.4, 0.5) is 13.2 Å². The summed E-state index contributed by atoms with van der Waals surface area (Å²) in [6.07, 6.45) is 11.0. The molecule has 0 heterocycles. The van der Waals surface area contributed by atoms with Crippen LogP contribution in [0.3, 0.4) is 0 Å². The minimum absolute atomic E-state index is 0.0266. The summed E-state index contributed by atoms with van der Waals surface area (Å²) in [6.45, 7) is 9.33. The molecule has 0 radical (unpaired) electrons. The first-order chi connectivity index (χ1) is 14.4. The number of hydrogen-bond acceptors (Lipinski definition) is 2. The first-order valence-corrected chi connectivity index (χ1v) is 11.8. The van der Waals surface area contributed by atoms with Crippen LogP contribution in [0.15, 0.2) is 12.1 Å². The number of benzene rings is 1. The Labute approximate surface area is 181 Å². The van der Waals surface area contributed by atoms with Crippen LogP contribution >= 0.6 is 0 Å². The van der Waals surface area contributed by atoms with Crippen molar-refractivity contribution in [2.24, 2.45) is 5.92 Å². The molecule has 5 heteroatoms. The van der Waals surface area contributed by atoms with Crippen molar-refractivity contribution in [3.63, 3.8) is 0 Å². The lowest BCUT2D eigenvalue weighted by Gasteiger charge is -2.37. The van der Waals surface area contributed by atoms with Crippen LogP contribution in [0, 0.1) is 23.4 Å². The van der Waals surface area contributed by atoms with E-state index >= 15 is 0 Å². The summed E-state index contributed by atoms with van der Waals surface area (Å²) >= 11 is 0. The van der Waals surface area contributed by atoms with Crippen molar-refractivity contribution in [2.75, 3.05) is 13.2 Å². The Morgan fingerprint density at radius 2 is 1.27 bits per heavy atom. The van der Waals surface area contributed by atoms with Crippen molar-refractivity contribution in [2.45, 2.75) is 104 Å². The van der Waals surface area contributed by atoms with Gasteiger partial charge in [-0.05, 0) is 46.5 Å². The van der Waals surface area contributed by atoms with Gasteiger partial charge in [-0.25, -0.2) is 13.2 Å². The van der Waals surface area contributed by atoms with Gasteiger partial charge in [-0.3, -0.25) is 0 Å². The SMILES string of the molecule is CCCCCCCCC(CCCCc1c(F)cc(F)cc1F)C(C)(OCC)OCC. The molecule has 2 nitrogen and oxygen atoms in total. The first-order valence-electron chi connectivity index (χ1n) is 11.8. The summed E-state index contributed by atoms with van der Waals surface area (Å²) < 4.78 is 52.8. The number of hydrogen-bond donors (Lipinski definition) is 0. The second kappa shape index (κ2) is 14.9. The predicted octanol–water partition coefficient (Wildman–Crippen LogP) is 7.97. The quantitative estimate of drug-likeness (QED) is 0.184. The Morgan fingerprint density at radius 3 is 1.80 bits per heavy atom. The Morgan fingerprint density at radius 1 is 0.767 bits per heavy atom. The van der Waals surface area contributed by atoms with Gasteiger partial charge in [-0.2, -0.15) is 0 Å². The van der Waals surface area contributed by atoms with E-state index in [-0.39, 0.29) is 17.9 Å². The van der Waals surface area contributed by atoms with E-state index in [1.54, 1.807) is 0 Å². The van der Waals surface area contributed by atoms with Gasteiger partial charge in [0.15, 0.2) is 5.79 Å². The molecule has 0 aliphatic carbocycles. The molecule has 0 aromatic heterocycles. The highest BCUT2D eigenvalue weighted by Crippen LogP contribution is 2.33. The third-order valence-electron chi connectivity index (χ3n) is 5.84. The molecule has 1 aromatic rings. The van der Waals surface area contributed by atoms with Crippen molar-refractivity contribution in [1.29, 1.82) is 0 Å². The van der Waals surface area contributed by atoms with Gasteiger partial charge < -0.3 is 9.47 Å². The molecule has 30 heavy (non-hydrogen) atoms. The Bertz CT molecular complexity index is 563. The van der Waals surface area contributed by atoms with E-state index in [4.69, 9.17) is 9.47 Å². The van der Waals surface area contributed by atoms with Crippen LogP contribution in [0.1, 0.15) is 97.5 Å². The number of ether oxygens (including phenoxy) is 2. The van der Waals surface area contributed by atoms with E-state index < -0.39 is 23.2 Å². The average molecular weight is 431 g/mol. The van der Waals surface area contributed by atoms with Gasteiger partial charge in [0.05, 0.1) is 0 Å². The summed E-state index contributed by atoms with van der Waals surface area (Å²) in [5, 5.41) is 0. The van der Waals surface area contributed by atoms with Gasteiger partial charge in [0.2, 0.25) is 0 Å². The Balaban J connectivity index is 2.63. The maximum Gasteiger partial charge on any atom is 0.168 e. The van der Waals surface area contributed by atoms with E-state index in [9.17, 15) is 13.2 Å². The fraction of sp³-hybridized carbons (Fsp3) is 0.760. The van der Waals surface area contributed by atoms with Crippen molar-refractivity contribution in [3.8, 4) is 0 Å².